The summed E-state index contributed by atoms with van der Waals surface area (Å²) >= 11 is 0. The van der Waals surface area contributed by atoms with E-state index in [9.17, 15) is 14.4 Å². The van der Waals surface area contributed by atoms with Crippen LogP contribution < -0.4 is 36.5 Å². The van der Waals surface area contributed by atoms with Crippen LogP contribution >= 0.6 is 0 Å². The Morgan fingerprint density at radius 3 is 2.04 bits per heavy atom. The highest BCUT2D eigenvalue weighted by Gasteiger charge is 2.25. The Kier molecular flexibility index (Phi) is 6.02. The molecule has 1 aromatic heterocycles. The molecule has 0 radical (unpaired) electrons. The van der Waals surface area contributed by atoms with E-state index in [-0.39, 0.29) is 11.4 Å². The van der Waals surface area contributed by atoms with Crippen LogP contribution in [0, 0.1) is 0 Å². The lowest BCUT2D eigenvalue weighted by atomic mass is 10.1. The SMILES string of the molecule is COc1cc(N[C@H](C)C(=O)c2c(N)n(C)c(=O)n(C)c2=O)cc(OC)c1OC. The number of nitrogens with one attached hydrogen (secondary N) is 1. The Morgan fingerprint density at radius 2 is 1.57 bits per heavy atom. The maximum absolute atomic E-state index is 12.9. The molecule has 0 amide bonds. The van der Waals surface area contributed by atoms with Crippen molar-refractivity contribution >= 4 is 17.3 Å². The van der Waals surface area contributed by atoms with Gasteiger partial charge >= 0.3 is 5.69 Å². The fraction of sp³-hybridized carbons (Fsp3) is 0.389. The third-order valence-corrected chi connectivity index (χ3v) is 4.40. The molecule has 0 bridgehead atoms. The highest BCUT2D eigenvalue weighted by Crippen LogP contribution is 2.40. The average Bonchev–Trinajstić information content (AvgIpc) is 2.69. The second kappa shape index (κ2) is 8.07. The number of ether oxygens (including phenoxy) is 3. The van der Waals surface area contributed by atoms with Gasteiger partial charge in [-0.25, -0.2) is 4.79 Å². The molecule has 2 aromatic rings. The third-order valence-electron chi connectivity index (χ3n) is 4.40. The lowest BCUT2D eigenvalue weighted by Crippen LogP contribution is -2.43. The summed E-state index contributed by atoms with van der Waals surface area (Å²) in [6.45, 7) is 1.58. The fourth-order valence-corrected chi connectivity index (χ4v) is 2.79. The molecule has 10 heteroatoms. The maximum atomic E-state index is 12.9. The van der Waals surface area contributed by atoms with Crippen LogP contribution in [0.15, 0.2) is 21.7 Å². The van der Waals surface area contributed by atoms with Crippen LogP contribution in [-0.2, 0) is 14.1 Å². The number of methoxy groups -OCH3 is 3. The van der Waals surface area contributed by atoms with E-state index in [1.807, 2.05) is 0 Å². The summed E-state index contributed by atoms with van der Waals surface area (Å²) in [5.74, 6) is 0.480. The predicted molar refractivity (Wildman–Crippen MR) is 105 cm³/mol. The topological polar surface area (TPSA) is 127 Å². The van der Waals surface area contributed by atoms with Crippen LogP contribution in [-0.4, -0.2) is 42.3 Å². The number of hydrogen-bond donors (Lipinski definition) is 2. The average molecular weight is 392 g/mol. The number of nitrogens with two attached hydrogens (primary N) is 1. The Hall–Kier alpha value is -3.43. The molecule has 0 unspecified atom stereocenters. The van der Waals surface area contributed by atoms with E-state index in [4.69, 9.17) is 19.9 Å². The molecule has 1 heterocycles. The number of nitrogen functional groups attached to an aromatic ring is 1. The van der Waals surface area contributed by atoms with Crippen molar-refractivity contribution in [3.8, 4) is 17.2 Å². The molecule has 0 aliphatic carbocycles. The zero-order valence-corrected chi connectivity index (χ0v) is 16.7. The number of carbonyl (C=O) groups is 1. The number of hydrogen-bond acceptors (Lipinski definition) is 8. The number of nitrogens with zero attached hydrogens (tertiary/aromatic N) is 2. The fourth-order valence-electron chi connectivity index (χ4n) is 2.79. The summed E-state index contributed by atoms with van der Waals surface area (Å²) in [4.78, 5) is 37.2. The van der Waals surface area contributed by atoms with Gasteiger partial charge in [0.25, 0.3) is 5.56 Å². The molecule has 0 aliphatic rings. The van der Waals surface area contributed by atoms with Crippen LogP contribution in [0.3, 0.4) is 0 Å². The second-order valence-electron chi connectivity index (χ2n) is 6.11. The molecule has 28 heavy (non-hydrogen) atoms. The Morgan fingerprint density at radius 1 is 1.04 bits per heavy atom. The lowest BCUT2D eigenvalue weighted by Gasteiger charge is -2.19. The van der Waals surface area contributed by atoms with Gasteiger partial charge in [0.2, 0.25) is 5.75 Å². The van der Waals surface area contributed by atoms with E-state index in [0.29, 0.717) is 22.9 Å². The smallest absolute Gasteiger partial charge is 0.332 e. The minimum Gasteiger partial charge on any atom is -0.493 e. The molecular formula is C18H24N4O6. The van der Waals surface area contributed by atoms with Crippen LogP contribution in [0.5, 0.6) is 17.2 Å². The normalized spacial score (nSPS) is 11.6. The van der Waals surface area contributed by atoms with Gasteiger partial charge in [0.1, 0.15) is 11.4 Å². The van der Waals surface area contributed by atoms with E-state index in [1.165, 1.54) is 35.4 Å². The minimum atomic E-state index is -0.824. The summed E-state index contributed by atoms with van der Waals surface area (Å²) < 4.78 is 17.7. The van der Waals surface area contributed by atoms with Gasteiger partial charge in [-0.1, -0.05) is 0 Å². The zero-order valence-electron chi connectivity index (χ0n) is 16.7. The number of benzene rings is 1. The van der Waals surface area contributed by atoms with E-state index in [2.05, 4.69) is 5.32 Å². The van der Waals surface area contributed by atoms with Gasteiger partial charge in [-0.3, -0.25) is 18.7 Å². The van der Waals surface area contributed by atoms with Gasteiger partial charge in [-0.15, -0.1) is 0 Å². The first-order valence-corrected chi connectivity index (χ1v) is 8.34. The second-order valence-corrected chi connectivity index (χ2v) is 6.11. The summed E-state index contributed by atoms with van der Waals surface area (Å²) in [6, 6.07) is 2.44. The molecule has 152 valence electrons. The molecule has 3 N–H and O–H groups in total. The van der Waals surface area contributed by atoms with Crippen molar-refractivity contribution in [3.63, 3.8) is 0 Å². The standard InChI is InChI=1S/C18H24N4O6/c1-9(14(23)13-16(19)21(2)18(25)22(3)17(13)24)20-10-7-11(26-4)15(28-6)12(8-10)27-5/h7-9,20H,19H2,1-6H3/t9-/m1/s1. The van der Waals surface area contributed by atoms with Gasteiger partial charge in [0.15, 0.2) is 17.3 Å². The van der Waals surface area contributed by atoms with Gasteiger partial charge < -0.3 is 25.3 Å². The van der Waals surface area contributed by atoms with E-state index in [1.54, 1.807) is 19.1 Å². The number of ketones is 1. The number of rotatable bonds is 7. The van der Waals surface area contributed by atoms with Crippen molar-refractivity contribution in [1.82, 2.24) is 9.13 Å². The molecule has 0 fully saturated rings. The van der Waals surface area contributed by atoms with Crippen molar-refractivity contribution in [2.75, 3.05) is 32.4 Å². The molecule has 1 atom stereocenters. The first-order valence-electron chi connectivity index (χ1n) is 8.34. The Balaban J connectivity index is 2.44. The highest BCUT2D eigenvalue weighted by atomic mass is 16.5. The van der Waals surface area contributed by atoms with Crippen molar-refractivity contribution in [2.45, 2.75) is 13.0 Å². The molecule has 0 saturated carbocycles. The highest BCUT2D eigenvalue weighted by molar-refractivity contribution is 6.04. The summed E-state index contributed by atoms with van der Waals surface area (Å²) in [5, 5.41) is 2.99. The summed E-state index contributed by atoms with van der Waals surface area (Å²) in [5.41, 5.74) is 4.76. The number of anilines is 2. The van der Waals surface area contributed by atoms with Crippen molar-refractivity contribution in [1.29, 1.82) is 0 Å². The Labute approximate surface area is 161 Å². The van der Waals surface area contributed by atoms with Gasteiger partial charge in [-0.2, -0.15) is 0 Å². The number of carbonyl (C=O) groups excluding carboxylic acids is 1. The quantitative estimate of drug-likeness (QED) is 0.648. The predicted octanol–water partition coefficient (Wildman–Crippen LogP) is 0.375. The molecule has 1 aromatic carbocycles. The van der Waals surface area contributed by atoms with Gasteiger partial charge in [-0.05, 0) is 6.92 Å². The monoisotopic (exact) mass is 392 g/mol. The van der Waals surface area contributed by atoms with Crippen LogP contribution in [0.2, 0.25) is 0 Å². The van der Waals surface area contributed by atoms with E-state index >= 15 is 0 Å². The minimum absolute atomic E-state index is 0.184. The maximum Gasteiger partial charge on any atom is 0.332 e. The largest absolute Gasteiger partial charge is 0.493 e. The first kappa shape index (κ1) is 20.9. The van der Waals surface area contributed by atoms with Crippen molar-refractivity contribution in [3.05, 3.63) is 38.5 Å². The lowest BCUT2D eigenvalue weighted by molar-refractivity contribution is 0.0973. The zero-order chi connectivity index (χ0) is 21.2. The molecule has 0 spiro atoms. The Bertz CT molecular complexity index is 999. The summed E-state index contributed by atoms with van der Waals surface area (Å²) in [7, 11) is 7.12. The van der Waals surface area contributed by atoms with E-state index < -0.39 is 23.1 Å². The summed E-state index contributed by atoms with van der Waals surface area (Å²) in [6.07, 6.45) is 0. The third kappa shape index (κ3) is 3.53. The van der Waals surface area contributed by atoms with Crippen LogP contribution in [0.25, 0.3) is 0 Å². The molecular weight excluding hydrogens is 368 g/mol. The first-order chi connectivity index (χ1) is 13.2. The number of Topliss-reactive ketones (excluding diaryl/α,β-unsaturated/α-hetero) is 1. The number of aromatic nitrogens is 2. The molecule has 10 nitrogen and oxygen atoms in total. The van der Waals surface area contributed by atoms with Crippen molar-refractivity contribution in [2.24, 2.45) is 14.1 Å². The van der Waals surface area contributed by atoms with Gasteiger partial charge in [0, 0.05) is 31.9 Å². The molecule has 0 saturated heterocycles. The van der Waals surface area contributed by atoms with Gasteiger partial charge in [0.05, 0.1) is 27.4 Å². The molecule has 0 aliphatic heterocycles. The molecule has 2 rings (SSSR count). The van der Waals surface area contributed by atoms with Crippen LogP contribution in [0.4, 0.5) is 11.5 Å². The van der Waals surface area contributed by atoms with Crippen LogP contribution in [0.1, 0.15) is 17.3 Å². The van der Waals surface area contributed by atoms with E-state index in [0.717, 1.165) is 9.13 Å². The van der Waals surface area contributed by atoms with Crippen molar-refractivity contribution < 1.29 is 19.0 Å².